The zero-order valence-corrected chi connectivity index (χ0v) is 16.8. The normalized spacial score (nSPS) is 16.3. The number of carbonyl (C=O) groups is 1. The van der Waals surface area contributed by atoms with Gasteiger partial charge in [-0.25, -0.2) is 13.4 Å². The number of nitrogens with zero attached hydrogens (tertiary/aromatic N) is 1. The number of sulfonamides is 1. The van der Waals surface area contributed by atoms with Gasteiger partial charge in [-0.3, -0.25) is 14.9 Å². The molecule has 148 valence electrons. The number of hydrogen-bond donors (Lipinski definition) is 2. The van der Waals surface area contributed by atoms with Gasteiger partial charge >= 0.3 is 0 Å². The predicted molar refractivity (Wildman–Crippen MR) is 109 cm³/mol. The summed E-state index contributed by atoms with van der Waals surface area (Å²) in [6.45, 7) is 3.09. The third kappa shape index (κ3) is 4.28. The van der Waals surface area contributed by atoms with Crippen molar-refractivity contribution < 1.29 is 17.9 Å². The minimum atomic E-state index is -3.32. The molecule has 0 fully saturated rings. The number of rotatable bonds is 6. The van der Waals surface area contributed by atoms with Crippen molar-refractivity contribution in [2.24, 2.45) is 0 Å². The van der Waals surface area contributed by atoms with E-state index in [0.29, 0.717) is 5.69 Å². The van der Waals surface area contributed by atoms with Crippen LogP contribution in [0.1, 0.15) is 31.0 Å². The Morgan fingerprint density at radius 2 is 1.79 bits per heavy atom. The molecule has 2 aromatic rings. The highest BCUT2D eigenvalue weighted by atomic mass is 32.2. The molecule has 0 saturated carbocycles. The summed E-state index contributed by atoms with van der Waals surface area (Å²) >= 11 is 0. The molecule has 2 N–H and O–H groups in total. The van der Waals surface area contributed by atoms with Gasteiger partial charge in [0.2, 0.25) is 15.9 Å². The van der Waals surface area contributed by atoms with Crippen molar-refractivity contribution >= 4 is 27.3 Å². The van der Waals surface area contributed by atoms with Crippen LogP contribution in [0.4, 0.5) is 5.69 Å². The zero-order chi connectivity index (χ0) is 20.3. The SMILES string of the molecule is CCS(=O)(=O)Nc1ccc(C2=CC(c3ccc(OC)cc3)N(C(C)=O)N2)cc1. The van der Waals surface area contributed by atoms with Crippen LogP contribution in [-0.2, 0) is 14.8 Å². The van der Waals surface area contributed by atoms with Crippen molar-refractivity contribution in [2.75, 3.05) is 17.6 Å². The molecule has 3 rings (SSSR count). The molecule has 7 nitrogen and oxygen atoms in total. The van der Waals surface area contributed by atoms with Crippen LogP contribution in [-0.4, -0.2) is 32.2 Å². The lowest BCUT2D eigenvalue weighted by Gasteiger charge is -2.24. The first-order valence-corrected chi connectivity index (χ1v) is 10.5. The van der Waals surface area contributed by atoms with E-state index in [1.807, 2.05) is 30.3 Å². The van der Waals surface area contributed by atoms with Gasteiger partial charge in [-0.2, -0.15) is 0 Å². The Morgan fingerprint density at radius 1 is 1.14 bits per heavy atom. The first kappa shape index (κ1) is 19.8. The first-order chi connectivity index (χ1) is 13.3. The summed E-state index contributed by atoms with van der Waals surface area (Å²) in [7, 11) is -1.71. The minimum Gasteiger partial charge on any atom is -0.497 e. The van der Waals surface area contributed by atoms with Crippen LogP contribution in [0.15, 0.2) is 54.6 Å². The lowest BCUT2D eigenvalue weighted by atomic mass is 10.0. The van der Waals surface area contributed by atoms with Crippen LogP contribution >= 0.6 is 0 Å². The summed E-state index contributed by atoms with van der Waals surface area (Å²) in [4.78, 5) is 12.1. The standard InChI is InChI=1S/C20H23N3O4S/c1-4-28(25,26)22-17-9-5-15(6-10-17)19-13-20(23(21-19)14(2)24)16-7-11-18(27-3)12-8-16/h5-13,20-22H,4H2,1-3H3. The van der Waals surface area contributed by atoms with E-state index >= 15 is 0 Å². The minimum absolute atomic E-state index is 0.0125. The molecule has 1 aliphatic heterocycles. The van der Waals surface area contributed by atoms with Crippen LogP contribution in [0.2, 0.25) is 0 Å². The second kappa shape index (κ2) is 7.93. The maximum absolute atomic E-state index is 12.1. The number of hydrogen-bond acceptors (Lipinski definition) is 5. The topological polar surface area (TPSA) is 87.7 Å². The second-order valence-electron chi connectivity index (χ2n) is 6.38. The molecule has 0 spiro atoms. The number of amides is 1. The number of hydrazine groups is 1. The van der Waals surface area contributed by atoms with Gasteiger partial charge < -0.3 is 4.74 Å². The maximum Gasteiger partial charge on any atom is 0.238 e. The first-order valence-electron chi connectivity index (χ1n) is 8.86. The molecule has 1 atom stereocenters. The molecule has 0 aromatic heterocycles. The number of carbonyl (C=O) groups excluding carboxylic acids is 1. The summed E-state index contributed by atoms with van der Waals surface area (Å²) < 4.78 is 31.1. The quantitative estimate of drug-likeness (QED) is 0.777. The monoisotopic (exact) mass is 401 g/mol. The van der Waals surface area contributed by atoms with Crippen molar-refractivity contribution in [3.63, 3.8) is 0 Å². The smallest absolute Gasteiger partial charge is 0.238 e. The van der Waals surface area contributed by atoms with Crippen LogP contribution < -0.4 is 14.9 Å². The van der Waals surface area contributed by atoms with Gasteiger partial charge in [-0.15, -0.1) is 0 Å². The lowest BCUT2D eigenvalue weighted by molar-refractivity contribution is -0.132. The molecule has 1 amide bonds. The molecular weight excluding hydrogens is 378 g/mol. The van der Waals surface area contributed by atoms with Gasteiger partial charge in [0, 0.05) is 12.6 Å². The van der Waals surface area contributed by atoms with Gasteiger partial charge in [-0.1, -0.05) is 24.3 Å². The Balaban J connectivity index is 1.86. The molecule has 0 aliphatic carbocycles. The van der Waals surface area contributed by atoms with E-state index in [-0.39, 0.29) is 17.7 Å². The number of anilines is 1. The summed E-state index contributed by atoms with van der Waals surface area (Å²) in [5, 5.41) is 1.56. The van der Waals surface area contributed by atoms with Crippen LogP contribution in [0, 0.1) is 0 Å². The molecule has 8 heteroatoms. The van der Waals surface area contributed by atoms with E-state index < -0.39 is 10.0 Å². The molecular formula is C20H23N3O4S. The highest BCUT2D eigenvalue weighted by Gasteiger charge is 2.28. The Kier molecular flexibility index (Phi) is 5.60. The average molecular weight is 401 g/mol. The fourth-order valence-electron chi connectivity index (χ4n) is 2.92. The Labute approximate surface area is 165 Å². The molecule has 0 bridgehead atoms. The van der Waals surface area contributed by atoms with E-state index in [1.165, 1.54) is 6.92 Å². The van der Waals surface area contributed by atoms with Crippen molar-refractivity contribution in [2.45, 2.75) is 19.9 Å². The van der Waals surface area contributed by atoms with Gasteiger partial charge in [-0.05, 0) is 48.4 Å². The van der Waals surface area contributed by atoms with Crippen molar-refractivity contribution in [3.8, 4) is 5.75 Å². The van der Waals surface area contributed by atoms with Crippen LogP contribution in [0.25, 0.3) is 5.70 Å². The third-order valence-electron chi connectivity index (χ3n) is 4.49. The summed E-state index contributed by atoms with van der Waals surface area (Å²) in [6, 6.07) is 14.3. The van der Waals surface area contributed by atoms with Crippen LogP contribution in [0.5, 0.6) is 5.75 Å². The van der Waals surface area contributed by atoms with Gasteiger partial charge in [0.1, 0.15) is 5.75 Å². The number of ether oxygens (including phenoxy) is 1. The van der Waals surface area contributed by atoms with E-state index in [0.717, 1.165) is 22.6 Å². The highest BCUT2D eigenvalue weighted by Crippen LogP contribution is 2.32. The second-order valence-corrected chi connectivity index (χ2v) is 8.39. The summed E-state index contributed by atoms with van der Waals surface area (Å²) in [5.41, 5.74) is 6.21. The summed E-state index contributed by atoms with van der Waals surface area (Å²) in [5.74, 6) is 0.649. The molecule has 2 aromatic carbocycles. The van der Waals surface area contributed by atoms with Gasteiger partial charge in [0.15, 0.2) is 0 Å². The van der Waals surface area contributed by atoms with E-state index in [2.05, 4.69) is 10.1 Å². The Bertz CT molecular complexity index is 983. The number of nitrogens with one attached hydrogen (secondary N) is 2. The van der Waals surface area contributed by atoms with E-state index in [1.54, 1.807) is 43.3 Å². The number of benzene rings is 2. The fourth-order valence-corrected chi connectivity index (χ4v) is 3.56. The summed E-state index contributed by atoms with van der Waals surface area (Å²) in [6.07, 6.45) is 1.97. The Morgan fingerprint density at radius 3 is 2.32 bits per heavy atom. The third-order valence-corrected chi connectivity index (χ3v) is 5.80. The largest absolute Gasteiger partial charge is 0.497 e. The molecule has 1 aliphatic rings. The Hall–Kier alpha value is -3.00. The maximum atomic E-state index is 12.1. The average Bonchev–Trinajstić information content (AvgIpc) is 3.14. The molecule has 0 saturated heterocycles. The molecule has 28 heavy (non-hydrogen) atoms. The van der Waals surface area contributed by atoms with Crippen molar-refractivity contribution in [3.05, 3.63) is 65.7 Å². The molecule has 1 heterocycles. The molecule has 0 radical (unpaired) electrons. The predicted octanol–water partition coefficient (Wildman–Crippen LogP) is 2.91. The lowest BCUT2D eigenvalue weighted by Crippen LogP contribution is -2.37. The van der Waals surface area contributed by atoms with Gasteiger partial charge in [0.05, 0.1) is 24.6 Å². The highest BCUT2D eigenvalue weighted by molar-refractivity contribution is 7.92. The van der Waals surface area contributed by atoms with E-state index in [4.69, 9.17) is 4.74 Å². The van der Waals surface area contributed by atoms with E-state index in [9.17, 15) is 13.2 Å². The molecule has 1 unspecified atom stereocenters. The zero-order valence-electron chi connectivity index (χ0n) is 16.0. The fraction of sp³-hybridized carbons (Fsp3) is 0.250. The van der Waals surface area contributed by atoms with Crippen LogP contribution in [0.3, 0.4) is 0 Å². The van der Waals surface area contributed by atoms with Crippen molar-refractivity contribution in [1.82, 2.24) is 10.4 Å². The van der Waals surface area contributed by atoms with Crippen molar-refractivity contribution in [1.29, 1.82) is 0 Å². The van der Waals surface area contributed by atoms with Gasteiger partial charge in [0.25, 0.3) is 0 Å². The number of methoxy groups -OCH3 is 1.